The third-order valence-corrected chi connectivity index (χ3v) is 4.97. The summed E-state index contributed by atoms with van der Waals surface area (Å²) in [4.78, 5) is 26.0. The molecule has 1 heterocycles. The number of nitrogens with one attached hydrogen (secondary N) is 1. The van der Waals surface area contributed by atoms with Crippen molar-refractivity contribution in [1.82, 2.24) is 10.2 Å². The van der Waals surface area contributed by atoms with E-state index in [0.717, 1.165) is 5.56 Å². The fraction of sp³-hybridized carbons (Fsp3) is 0.500. The van der Waals surface area contributed by atoms with Crippen molar-refractivity contribution in [2.24, 2.45) is 0 Å². The van der Waals surface area contributed by atoms with Crippen molar-refractivity contribution in [3.05, 3.63) is 23.8 Å². The van der Waals surface area contributed by atoms with Crippen molar-refractivity contribution >= 4 is 23.6 Å². The number of carbonyl (C=O) groups is 2. The van der Waals surface area contributed by atoms with Gasteiger partial charge >= 0.3 is 0 Å². The van der Waals surface area contributed by atoms with Gasteiger partial charge in [0.25, 0.3) is 0 Å². The van der Waals surface area contributed by atoms with Crippen molar-refractivity contribution in [3.63, 3.8) is 0 Å². The van der Waals surface area contributed by atoms with Crippen molar-refractivity contribution in [1.29, 1.82) is 0 Å². The summed E-state index contributed by atoms with van der Waals surface area (Å²) in [5, 5.41) is 2.56. The lowest BCUT2D eigenvalue weighted by Gasteiger charge is -2.29. The third kappa shape index (κ3) is 3.55. The number of carbonyl (C=O) groups excluding carboxylic acids is 2. The number of nitrogens with zero attached hydrogens (tertiary/aromatic N) is 1. The van der Waals surface area contributed by atoms with E-state index in [1.165, 1.54) is 11.8 Å². The van der Waals surface area contributed by atoms with Crippen LogP contribution in [0.1, 0.15) is 24.8 Å². The number of methoxy groups -OCH3 is 2. The van der Waals surface area contributed by atoms with Gasteiger partial charge in [-0.05, 0) is 31.5 Å². The van der Waals surface area contributed by atoms with Gasteiger partial charge in [-0.3, -0.25) is 9.59 Å². The van der Waals surface area contributed by atoms with E-state index in [-0.39, 0.29) is 17.2 Å². The van der Waals surface area contributed by atoms with E-state index in [1.807, 2.05) is 25.1 Å². The zero-order valence-electron chi connectivity index (χ0n) is 13.8. The van der Waals surface area contributed by atoms with Gasteiger partial charge in [-0.25, -0.2) is 0 Å². The van der Waals surface area contributed by atoms with Gasteiger partial charge in [0.05, 0.1) is 20.0 Å². The molecule has 2 atom stereocenters. The molecular formula is C16H22N2O4S. The zero-order valence-corrected chi connectivity index (χ0v) is 14.6. The summed E-state index contributed by atoms with van der Waals surface area (Å²) < 4.78 is 10.6. The molecule has 1 aliphatic rings. The minimum atomic E-state index is -0.518. The lowest BCUT2D eigenvalue weighted by molar-refractivity contribution is -0.137. The van der Waals surface area contributed by atoms with Crippen LogP contribution in [0, 0.1) is 0 Å². The van der Waals surface area contributed by atoms with Crippen molar-refractivity contribution < 1.29 is 19.1 Å². The van der Waals surface area contributed by atoms with Crippen molar-refractivity contribution in [2.75, 3.05) is 26.5 Å². The highest BCUT2D eigenvalue weighted by Crippen LogP contribution is 2.42. The Morgan fingerprint density at radius 1 is 1.39 bits per heavy atom. The molecule has 0 spiro atoms. The summed E-state index contributed by atoms with van der Waals surface area (Å²) in [5.41, 5.74) is 0.912. The maximum Gasteiger partial charge on any atom is 0.242 e. The highest BCUT2D eigenvalue weighted by Gasteiger charge is 2.38. The molecule has 0 aliphatic carbocycles. The lowest BCUT2D eigenvalue weighted by Crippen LogP contribution is -2.46. The molecule has 1 N–H and O–H groups in total. The summed E-state index contributed by atoms with van der Waals surface area (Å²) in [6.45, 7) is 4.15. The summed E-state index contributed by atoms with van der Waals surface area (Å²) in [6.07, 6.45) is 0. The minimum Gasteiger partial charge on any atom is -0.493 e. The molecule has 2 amide bonds. The van der Waals surface area contributed by atoms with E-state index < -0.39 is 6.04 Å². The maximum atomic E-state index is 12.3. The Morgan fingerprint density at radius 3 is 2.70 bits per heavy atom. The molecule has 0 saturated carbocycles. The van der Waals surface area contributed by atoms with E-state index in [2.05, 4.69) is 5.32 Å². The number of hydrogen-bond acceptors (Lipinski definition) is 5. The van der Waals surface area contributed by atoms with Gasteiger partial charge in [0.2, 0.25) is 11.8 Å². The van der Waals surface area contributed by atoms with Crippen LogP contribution in [0.4, 0.5) is 0 Å². The van der Waals surface area contributed by atoms with Crippen LogP contribution in [0.15, 0.2) is 18.2 Å². The first kappa shape index (κ1) is 17.5. The first-order chi connectivity index (χ1) is 11.0. The Kier molecular flexibility index (Phi) is 5.76. The average molecular weight is 338 g/mol. The molecule has 0 aromatic heterocycles. The largest absolute Gasteiger partial charge is 0.493 e. The van der Waals surface area contributed by atoms with Gasteiger partial charge in [-0.2, -0.15) is 0 Å². The van der Waals surface area contributed by atoms with Crippen LogP contribution in [0.3, 0.4) is 0 Å². The molecule has 0 bridgehead atoms. The summed E-state index contributed by atoms with van der Waals surface area (Å²) in [5.74, 6) is 1.43. The number of thioether (sulfide) groups is 1. The molecule has 6 nitrogen and oxygen atoms in total. The fourth-order valence-corrected chi connectivity index (χ4v) is 3.82. The molecule has 1 aliphatic heterocycles. The predicted octanol–water partition coefficient (Wildman–Crippen LogP) is 1.80. The number of likely N-dealkylation sites (N-methyl/N-ethyl adjacent to an activating group) is 1. The minimum absolute atomic E-state index is 0.0338. The number of amides is 2. The molecule has 126 valence electrons. The van der Waals surface area contributed by atoms with Gasteiger partial charge in [0, 0.05) is 6.54 Å². The average Bonchev–Trinajstić information content (AvgIpc) is 2.95. The molecule has 1 fully saturated rings. The standard InChI is InChI=1S/C16H22N2O4S/c1-5-17-15(20)10(2)18-14(19)9-23-16(18)11-6-7-12(21-3)13(8-11)22-4/h6-8,10,16H,5,9H2,1-4H3,(H,17,20). The second-order valence-corrected chi connectivity index (χ2v) is 6.22. The number of benzene rings is 1. The number of rotatable bonds is 6. The van der Waals surface area contributed by atoms with Crippen LogP contribution >= 0.6 is 11.8 Å². The van der Waals surface area contributed by atoms with Crippen LogP contribution in [-0.4, -0.2) is 49.3 Å². The smallest absolute Gasteiger partial charge is 0.242 e. The quantitative estimate of drug-likeness (QED) is 0.857. The van der Waals surface area contributed by atoms with Crippen LogP contribution < -0.4 is 14.8 Å². The van der Waals surface area contributed by atoms with E-state index in [4.69, 9.17) is 9.47 Å². The van der Waals surface area contributed by atoms with Crippen molar-refractivity contribution in [3.8, 4) is 11.5 Å². The SMILES string of the molecule is CCNC(=O)C(C)N1C(=O)CSC1c1ccc(OC)c(OC)c1. The Bertz CT molecular complexity index is 593. The molecule has 7 heteroatoms. The van der Waals surface area contributed by atoms with E-state index >= 15 is 0 Å². The first-order valence-corrected chi connectivity index (χ1v) is 8.50. The van der Waals surface area contributed by atoms with E-state index in [9.17, 15) is 9.59 Å². The summed E-state index contributed by atoms with van der Waals surface area (Å²) in [6, 6.07) is 5.05. The van der Waals surface area contributed by atoms with Crippen LogP contribution in [0.2, 0.25) is 0 Å². The van der Waals surface area contributed by atoms with Gasteiger partial charge in [0.15, 0.2) is 11.5 Å². The van der Waals surface area contributed by atoms with Gasteiger partial charge in [0.1, 0.15) is 11.4 Å². The number of hydrogen-bond donors (Lipinski definition) is 1. The highest BCUT2D eigenvalue weighted by molar-refractivity contribution is 8.00. The molecule has 0 radical (unpaired) electrons. The topological polar surface area (TPSA) is 67.9 Å². The molecule has 1 saturated heterocycles. The Balaban J connectivity index is 2.30. The van der Waals surface area contributed by atoms with Crippen LogP contribution in [-0.2, 0) is 9.59 Å². The Morgan fingerprint density at radius 2 is 2.09 bits per heavy atom. The third-order valence-electron chi connectivity index (χ3n) is 3.75. The summed E-state index contributed by atoms with van der Waals surface area (Å²) in [7, 11) is 3.15. The second-order valence-electron chi connectivity index (χ2n) is 5.15. The molecule has 1 aromatic carbocycles. The van der Waals surface area contributed by atoms with Gasteiger partial charge in [-0.1, -0.05) is 6.07 Å². The zero-order chi connectivity index (χ0) is 17.0. The van der Waals surface area contributed by atoms with Gasteiger partial charge < -0.3 is 19.7 Å². The molecule has 23 heavy (non-hydrogen) atoms. The normalized spacial score (nSPS) is 18.7. The molecule has 2 unspecified atom stereocenters. The molecule has 2 rings (SSSR count). The number of ether oxygens (including phenoxy) is 2. The fourth-order valence-electron chi connectivity index (χ4n) is 2.57. The maximum absolute atomic E-state index is 12.3. The predicted molar refractivity (Wildman–Crippen MR) is 89.7 cm³/mol. The van der Waals surface area contributed by atoms with Crippen LogP contribution in [0.25, 0.3) is 0 Å². The van der Waals surface area contributed by atoms with E-state index in [0.29, 0.717) is 23.8 Å². The first-order valence-electron chi connectivity index (χ1n) is 7.45. The molecular weight excluding hydrogens is 316 g/mol. The lowest BCUT2D eigenvalue weighted by atomic mass is 10.1. The van der Waals surface area contributed by atoms with Crippen molar-refractivity contribution in [2.45, 2.75) is 25.3 Å². The highest BCUT2D eigenvalue weighted by atomic mass is 32.2. The summed E-state index contributed by atoms with van der Waals surface area (Å²) >= 11 is 1.51. The Labute approximate surface area is 140 Å². The Hall–Kier alpha value is -1.89. The molecule has 1 aromatic rings. The second kappa shape index (κ2) is 7.59. The monoisotopic (exact) mass is 338 g/mol. The van der Waals surface area contributed by atoms with E-state index in [1.54, 1.807) is 26.0 Å². The van der Waals surface area contributed by atoms with Gasteiger partial charge in [-0.15, -0.1) is 11.8 Å². The van der Waals surface area contributed by atoms with Crippen LogP contribution in [0.5, 0.6) is 11.5 Å².